The minimum atomic E-state index is -0.568. The zero-order valence-corrected chi connectivity index (χ0v) is 12.7. The van der Waals surface area contributed by atoms with E-state index < -0.39 is 6.04 Å². The largest absolute Gasteiger partial charge is 0.454 e. The number of ether oxygens (including phenoxy) is 2. The number of nitrogens with zero attached hydrogens (tertiary/aromatic N) is 1. The van der Waals surface area contributed by atoms with E-state index in [0.29, 0.717) is 17.5 Å². The molecule has 106 valence electrons. The highest BCUT2D eigenvalue weighted by Crippen LogP contribution is 2.42. The fraction of sp³-hybridized carbons (Fsp3) is 0.385. The lowest BCUT2D eigenvalue weighted by Gasteiger charge is -2.07. The van der Waals surface area contributed by atoms with E-state index in [0.717, 1.165) is 10.0 Å². The number of halogens is 1. The predicted octanol–water partition coefficient (Wildman–Crippen LogP) is 1.70. The van der Waals surface area contributed by atoms with Crippen LogP contribution < -0.4 is 20.1 Å². The first-order valence-electron chi connectivity index (χ1n) is 6.29. The van der Waals surface area contributed by atoms with Gasteiger partial charge in [-0.15, -0.1) is 0 Å². The maximum Gasteiger partial charge on any atom is 0.256 e. The standard InChI is InChI=1S/C13H14BrN3O3/c1-6(2)15-13-16-10(12(18)17-13)7-3-8(14)11-9(4-7)19-5-20-11/h3-4,6,10H,5H2,1-2H3,(H2,15,16,17,18). The predicted molar refractivity (Wildman–Crippen MR) is 76.9 cm³/mol. The number of nitrogens with one attached hydrogen (secondary N) is 2. The Labute approximate surface area is 124 Å². The van der Waals surface area contributed by atoms with Crippen LogP contribution in [0.4, 0.5) is 0 Å². The molecule has 7 heteroatoms. The molecule has 2 aliphatic heterocycles. The number of hydrogen-bond donors (Lipinski definition) is 2. The number of benzene rings is 1. The summed E-state index contributed by atoms with van der Waals surface area (Å²) in [4.78, 5) is 16.4. The van der Waals surface area contributed by atoms with Crippen LogP contribution in [0.25, 0.3) is 0 Å². The Balaban J connectivity index is 1.91. The number of amides is 1. The fourth-order valence-electron chi connectivity index (χ4n) is 2.12. The number of aliphatic imine (C=N–C) groups is 1. The Morgan fingerprint density at radius 1 is 1.45 bits per heavy atom. The molecule has 0 aliphatic carbocycles. The lowest BCUT2D eigenvalue weighted by molar-refractivity contribution is -0.120. The van der Waals surface area contributed by atoms with Crippen molar-refractivity contribution in [1.29, 1.82) is 0 Å². The number of guanidine groups is 1. The van der Waals surface area contributed by atoms with E-state index in [9.17, 15) is 4.79 Å². The van der Waals surface area contributed by atoms with Gasteiger partial charge in [0.2, 0.25) is 6.79 Å². The molecule has 0 fully saturated rings. The van der Waals surface area contributed by atoms with Gasteiger partial charge in [0.15, 0.2) is 23.5 Å². The molecule has 20 heavy (non-hydrogen) atoms. The van der Waals surface area contributed by atoms with Crippen molar-refractivity contribution in [2.75, 3.05) is 6.79 Å². The first kappa shape index (κ1) is 13.2. The van der Waals surface area contributed by atoms with Crippen molar-refractivity contribution in [2.45, 2.75) is 25.9 Å². The van der Waals surface area contributed by atoms with Crippen LogP contribution in [0.1, 0.15) is 25.5 Å². The van der Waals surface area contributed by atoms with Crippen molar-refractivity contribution >= 4 is 27.8 Å². The van der Waals surface area contributed by atoms with Crippen LogP contribution >= 0.6 is 15.9 Å². The molecule has 1 atom stereocenters. The average molecular weight is 340 g/mol. The highest BCUT2D eigenvalue weighted by atomic mass is 79.9. The van der Waals surface area contributed by atoms with Gasteiger partial charge in [0.05, 0.1) is 4.47 Å². The van der Waals surface area contributed by atoms with Crippen LogP contribution in [-0.4, -0.2) is 24.7 Å². The van der Waals surface area contributed by atoms with Crippen LogP contribution in [0.3, 0.4) is 0 Å². The molecule has 0 aromatic heterocycles. The molecule has 2 N–H and O–H groups in total. The van der Waals surface area contributed by atoms with Gasteiger partial charge in [-0.05, 0) is 47.5 Å². The fourth-order valence-corrected chi connectivity index (χ4v) is 2.70. The van der Waals surface area contributed by atoms with E-state index in [1.54, 1.807) is 6.07 Å². The second-order valence-electron chi connectivity index (χ2n) is 4.91. The topological polar surface area (TPSA) is 72.0 Å². The normalized spacial score (nSPS) is 20.1. The zero-order chi connectivity index (χ0) is 14.3. The van der Waals surface area contributed by atoms with Crippen LogP contribution in [0.5, 0.6) is 11.5 Å². The molecule has 6 nitrogen and oxygen atoms in total. The van der Waals surface area contributed by atoms with Crippen molar-refractivity contribution in [2.24, 2.45) is 4.99 Å². The quantitative estimate of drug-likeness (QED) is 0.860. The van der Waals surface area contributed by atoms with Gasteiger partial charge in [-0.2, -0.15) is 0 Å². The minimum Gasteiger partial charge on any atom is -0.454 e. The Morgan fingerprint density at radius 2 is 2.25 bits per heavy atom. The zero-order valence-electron chi connectivity index (χ0n) is 11.1. The van der Waals surface area contributed by atoms with E-state index >= 15 is 0 Å². The second kappa shape index (κ2) is 4.97. The van der Waals surface area contributed by atoms with Crippen molar-refractivity contribution in [3.05, 3.63) is 22.2 Å². The first-order chi connectivity index (χ1) is 9.54. The molecule has 1 unspecified atom stereocenters. The van der Waals surface area contributed by atoms with Crippen LogP contribution in [0.2, 0.25) is 0 Å². The Morgan fingerprint density at radius 3 is 3.00 bits per heavy atom. The van der Waals surface area contributed by atoms with Crippen LogP contribution in [-0.2, 0) is 4.79 Å². The summed E-state index contributed by atoms with van der Waals surface area (Å²) in [7, 11) is 0. The molecule has 1 amide bonds. The van der Waals surface area contributed by atoms with Crippen molar-refractivity contribution in [3.8, 4) is 11.5 Å². The summed E-state index contributed by atoms with van der Waals surface area (Å²) in [6.07, 6.45) is 0. The summed E-state index contributed by atoms with van der Waals surface area (Å²) in [6.45, 7) is 4.16. The number of hydrogen-bond acceptors (Lipinski definition) is 5. The SMILES string of the molecule is CC(C)NC1=NC(c2cc(Br)c3c(c2)OCO3)C(=O)N1. The van der Waals surface area contributed by atoms with Gasteiger partial charge < -0.3 is 14.8 Å². The molecule has 1 aromatic rings. The minimum absolute atomic E-state index is 0.154. The smallest absolute Gasteiger partial charge is 0.256 e. The summed E-state index contributed by atoms with van der Waals surface area (Å²) in [5, 5.41) is 5.82. The van der Waals surface area contributed by atoms with Gasteiger partial charge in [-0.1, -0.05) is 0 Å². The Bertz CT molecular complexity index is 601. The number of carbonyl (C=O) groups excluding carboxylic acids is 1. The van der Waals surface area contributed by atoms with Gasteiger partial charge in [-0.3, -0.25) is 10.1 Å². The average Bonchev–Trinajstić information content (AvgIpc) is 2.95. The van der Waals surface area contributed by atoms with Crippen molar-refractivity contribution in [1.82, 2.24) is 10.6 Å². The van der Waals surface area contributed by atoms with Gasteiger partial charge in [-0.25, -0.2) is 4.99 Å². The summed E-state index contributed by atoms with van der Waals surface area (Å²) in [5.74, 6) is 1.64. The van der Waals surface area contributed by atoms with E-state index in [1.165, 1.54) is 0 Å². The van der Waals surface area contributed by atoms with E-state index in [-0.39, 0.29) is 18.7 Å². The van der Waals surface area contributed by atoms with Crippen molar-refractivity contribution in [3.63, 3.8) is 0 Å². The molecular formula is C13H14BrN3O3. The molecule has 0 spiro atoms. The summed E-state index contributed by atoms with van der Waals surface area (Å²) >= 11 is 3.42. The lowest BCUT2D eigenvalue weighted by atomic mass is 10.1. The van der Waals surface area contributed by atoms with E-state index in [2.05, 4.69) is 31.6 Å². The third kappa shape index (κ3) is 2.33. The Kier molecular flexibility index (Phi) is 3.29. The second-order valence-corrected chi connectivity index (χ2v) is 5.76. The molecule has 2 heterocycles. The van der Waals surface area contributed by atoms with Gasteiger partial charge in [0.25, 0.3) is 5.91 Å². The summed E-state index contributed by atoms with van der Waals surface area (Å²) in [5.41, 5.74) is 0.763. The maximum absolute atomic E-state index is 12.0. The third-order valence-corrected chi connectivity index (χ3v) is 3.53. The first-order valence-corrected chi connectivity index (χ1v) is 7.08. The van der Waals surface area contributed by atoms with Gasteiger partial charge in [0.1, 0.15) is 0 Å². The molecule has 0 bridgehead atoms. The molecule has 3 rings (SSSR count). The van der Waals surface area contributed by atoms with Gasteiger partial charge >= 0.3 is 0 Å². The summed E-state index contributed by atoms with van der Waals surface area (Å²) in [6, 6.07) is 3.26. The lowest BCUT2D eigenvalue weighted by Crippen LogP contribution is -2.40. The molecule has 0 saturated heterocycles. The molecular weight excluding hydrogens is 326 g/mol. The molecule has 1 aromatic carbocycles. The van der Waals surface area contributed by atoms with Crippen molar-refractivity contribution < 1.29 is 14.3 Å². The van der Waals surface area contributed by atoms with Crippen LogP contribution in [0.15, 0.2) is 21.6 Å². The monoisotopic (exact) mass is 339 g/mol. The van der Waals surface area contributed by atoms with Gasteiger partial charge in [0, 0.05) is 6.04 Å². The third-order valence-electron chi connectivity index (χ3n) is 2.94. The van der Waals surface area contributed by atoms with E-state index in [4.69, 9.17) is 9.47 Å². The highest BCUT2D eigenvalue weighted by molar-refractivity contribution is 9.10. The molecule has 0 radical (unpaired) electrons. The molecule has 0 saturated carbocycles. The number of carbonyl (C=O) groups is 1. The summed E-state index contributed by atoms with van der Waals surface area (Å²) < 4.78 is 11.4. The number of rotatable bonds is 2. The van der Waals surface area contributed by atoms with E-state index in [1.807, 2.05) is 19.9 Å². The number of fused-ring (bicyclic) bond motifs is 1. The highest BCUT2D eigenvalue weighted by Gasteiger charge is 2.30. The van der Waals surface area contributed by atoms with Crippen LogP contribution in [0, 0.1) is 0 Å². The maximum atomic E-state index is 12.0. The molecule has 2 aliphatic rings. The Hall–Kier alpha value is -1.76.